The van der Waals surface area contributed by atoms with Crippen LogP contribution in [0.4, 0.5) is 0 Å². The maximum atomic E-state index is 11.9. The second-order valence-electron chi connectivity index (χ2n) is 6.26. The Morgan fingerprint density at radius 1 is 1.37 bits per heavy atom. The first-order chi connectivity index (χ1) is 8.94. The molecule has 3 N–H and O–H groups in total. The molecule has 0 spiro atoms. The van der Waals surface area contributed by atoms with E-state index in [1.54, 1.807) is 0 Å². The van der Waals surface area contributed by atoms with E-state index in [2.05, 4.69) is 29.6 Å². The highest BCUT2D eigenvalue weighted by Crippen LogP contribution is 2.21. The zero-order chi connectivity index (χ0) is 13.9. The Balaban J connectivity index is 1.84. The first-order valence-electron chi connectivity index (χ1n) is 7.09. The van der Waals surface area contributed by atoms with Gasteiger partial charge in [-0.15, -0.1) is 0 Å². The highest BCUT2D eigenvalue weighted by atomic mass is 16.1. The van der Waals surface area contributed by atoms with Gasteiger partial charge in [0.05, 0.1) is 0 Å². The van der Waals surface area contributed by atoms with E-state index in [1.165, 1.54) is 11.1 Å². The van der Waals surface area contributed by atoms with Gasteiger partial charge in [-0.05, 0) is 50.7 Å². The van der Waals surface area contributed by atoms with E-state index >= 15 is 0 Å². The van der Waals surface area contributed by atoms with E-state index in [9.17, 15) is 4.79 Å². The van der Waals surface area contributed by atoms with Crippen LogP contribution in [0, 0.1) is 0 Å². The van der Waals surface area contributed by atoms with Crippen molar-refractivity contribution in [2.45, 2.75) is 57.5 Å². The van der Waals surface area contributed by atoms with E-state index in [0.29, 0.717) is 6.42 Å². The number of benzene rings is 1. The van der Waals surface area contributed by atoms with Crippen molar-refractivity contribution in [3.8, 4) is 0 Å². The first kappa shape index (κ1) is 14.1. The summed E-state index contributed by atoms with van der Waals surface area (Å²) in [6, 6.07) is 8.78. The number of aryl methyl sites for hydroxylation is 1. The van der Waals surface area contributed by atoms with Crippen LogP contribution >= 0.6 is 0 Å². The third kappa shape index (κ3) is 4.35. The lowest BCUT2D eigenvalue weighted by Crippen LogP contribution is -2.40. The fraction of sp³-hybridized carbons (Fsp3) is 0.562. The number of rotatable bonds is 4. The van der Waals surface area contributed by atoms with Crippen molar-refractivity contribution < 1.29 is 4.79 Å². The molecule has 1 aromatic rings. The molecule has 19 heavy (non-hydrogen) atoms. The van der Waals surface area contributed by atoms with Crippen LogP contribution in [0.1, 0.15) is 44.2 Å². The summed E-state index contributed by atoms with van der Waals surface area (Å²) < 4.78 is 0. The van der Waals surface area contributed by atoms with Crippen molar-refractivity contribution >= 4 is 5.91 Å². The molecule has 0 aromatic heterocycles. The van der Waals surface area contributed by atoms with Gasteiger partial charge in [0.15, 0.2) is 0 Å². The van der Waals surface area contributed by atoms with Crippen LogP contribution in [-0.2, 0) is 17.6 Å². The summed E-state index contributed by atoms with van der Waals surface area (Å²) in [4.78, 5) is 11.9. The summed E-state index contributed by atoms with van der Waals surface area (Å²) in [7, 11) is 0. The minimum atomic E-state index is -0.267. The second kappa shape index (κ2) is 5.74. The van der Waals surface area contributed by atoms with Crippen molar-refractivity contribution in [2.75, 3.05) is 0 Å². The fourth-order valence-electron chi connectivity index (χ4n) is 2.56. The predicted molar refractivity (Wildman–Crippen MR) is 77.9 cm³/mol. The van der Waals surface area contributed by atoms with Crippen molar-refractivity contribution in [3.05, 3.63) is 35.4 Å². The Hall–Kier alpha value is -1.35. The van der Waals surface area contributed by atoms with Crippen LogP contribution in [0.3, 0.4) is 0 Å². The zero-order valence-electron chi connectivity index (χ0n) is 11.9. The minimum absolute atomic E-state index is 0.128. The Morgan fingerprint density at radius 2 is 2.05 bits per heavy atom. The molecule has 1 aliphatic rings. The average Bonchev–Trinajstić information content (AvgIpc) is 2.35. The summed E-state index contributed by atoms with van der Waals surface area (Å²) in [5.74, 6) is 0.128. The summed E-state index contributed by atoms with van der Waals surface area (Å²) in [5, 5.41) is 3.14. The Kier molecular flexibility index (Phi) is 4.25. The molecule has 1 amide bonds. The van der Waals surface area contributed by atoms with Crippen molar-refractivity contribution in [2.24, 2.45) is 5.73 Å². The highest BCUT2D eigenvalue weighted by molar-refractivity contribution is 5.76. The van der Waals surface area contributed by atoms with E-state index in [4.69, 9.17) is 5.73 Å². The van der Waals surface area contributed by atoms with Gasteiger partial charge < -0.3 is 11.1 Å². The Bertz CT molecular complexity index is 448. The number of carbonyl (C=O) groups excluding carboxylic acids is 1. The number of carbonyl (C=O) groups is 1. The molecular weight excluding hydrogens is 236 g/mol. The van der Waals surface area contributed by atoms with Gasteiger partial charge in [-0.2, -0.15) is 0 Å². The van der Waals surface area contributed by atoms with Gasteiger partial charge in [0.1, 0.15) is 0 Å². The van der Waals surface area contributed by atoms with Crippen molar-refractivity contribution in [3.63, 3.8) is 0 Å². The first-order valence-corrected chi connectivity index (χ1v) is 7.09. The Morgan fingerprint density at radius 3 is 2.74 bits per heavy atom. The van der Waals surface area contributed by atoms with Gasteiger partial charge in [-0.1, -0.05) is 24.3 Å². The molecule has 1 aromatic carbocycles. The third-order valence-corrected chi connectivity index (χ3v) is 3.71. The lowest BCUT2D eigenvalue weighted by atomic mass is 9.88. The maximum Gasteiger partial charge on any atom is 0.220 e. The summed E-state index contributed by atoms with van der Waals surface area (Å²) in [5.41, 5.74) is 8.43. The van der Waals surface area contributed by atoms with Crippen LogP contribution in [0.2, 0.25) is 0 Å². The lowest BCUT2D eigenvalue weighted by molar-refractivity contribution is -0.122. The number of amides is 1. The molecule has 104 valence electrons. The number of fused-ring (bicyclic) bond motifs is 1. The molecule has 3 nitrogen and oxygen atoms in total. The normalized spacial score (nSPS) is 18.8. The molecular formula is C16H24N2O. The topological polar surface area (TPSA) is 55.1 Å². The maximum absolute atomic E-state index is 11.9. The van der Waals surface area contributed by atoms with Crippen LogP contribution in [0.25, 0.3) is 0 Å². The van der Waals surface area contributed by atoms with Crippen molar-refractivity contribution in [1.29, 1.82) is 0 Å². The standard InChI is InChI=1S/C16H24N2O/c1-16(2,17)10-9-15(19)18-14-8-7-12-5-3-4-6-13(12)11-14/h3-6,14H,7-11,17H2,1-2H3,(H,18,19). The molecule has 0 radical (unpaired) electrons. The van der Waals surface area contributed by atoms with E-state index in [1.807, 2.05) is 13.8 Å². The summed E-state index contributed by atoms with van der Waals surface area (Å²) >= 11 is 0. The van der Waals surface area contributed by atoms with Gasteiger partial charge in [0.2, 0.25) is 5.91 Å². The van der Waals surface area contributed by atoms with E-state index in [0.717, 1.165) is 25.7 Å². The van der Waals surface area contributed by atoms with E-state index < -0.39 is 0 Å². The third-order valence-electron chi connectivity index (χ3n) is 3.71. The van der Waals surface area contributed by atoms with Crippen LogP contribution in [0.5, 0.6) is 0 Å². The van der Waals surface area contributed by atoms with Gasteiger partial charge in [-0.3, -0.25) is 4.79 Å². The molecule has 0 saturated heterocycles. The smallest absolute Gasteiger partial charge is 0.220 e. The van der Waals surface area contributed by atoms with Crippen molar-refractivity contribution in [1.82, 2.24) is 5.32 Å². The average molecular weight is 260 g/mol. The zero-order valence-corrected chi connectivity index (χ0v) is 11.9. The second-order valence-corrected chi connectivity index (χ2v) is 6.26. The quantitative estimate of drug-likeness (QED) is 0.872. The van der Waals surface area contributed by atoms with Gasteiger partial charge in [0, 0.05) is 18.0 Å². The molecule has 3 heteroatoms. The van der Waals surface area contributed by atoms with E-state index in [-0.39, 0.29) is 17.5 Å². The number of hydrogen-bond acceptors (Lipinski definition) is 2. The van der Waals surface area contributed by atoms with Gasteiger partial charge in [-0.25, -0.2) is 0 Å². The lowest BCUT2D eigenvalue weighted by Gasteiger charge is -2.26. The number of nitrogens with one attached hydrogen (secondary N) is 1. The molecule has 1 aliphatic carbocycles. The SMILES string of the molecule is CC(C)(N)CCC(=O)NC1CCc2ccccc2C1. The fourth-order valence-corrected chi connectivity index (χ4v) is 2.56. The Labute approximate surface area is 115 Å². The highest BCUT2D eigenvalue weighted by Gasteiger charge is 2.20. The largest absolute Gasteiger partial charge is 0.353 e. The molecule has 1 unspecified atom stereocenters. The number of hydrogen-bond donors (Lipinski definition) is 2. The summed E-state index contributed by atoms with van der Waals surface area (Å²) in [6.07, 6.45) is 4.29. The number of nitrogens with two attached hydrogens (primary N) is 1. The molecule has 0 bridgehead atoms. The van der Waals surface area contributed by atoms with Gasteiger partial charge in [0.25, 0.3) is 0 Å². The molecule has 0 aliphatic heterocycles. The molecule has 0 fully saturated rings. The van der Waals surface area contributed by atoms with Gasteiger partial charge >= 0.3 is 0 Å². The minimum Gasteiger partial charge on any atom is -0.353 e. The molecule has 1 atom stereocenters. The monoisotopic (exact) mass is 260 g/mol. The molecule has 0 saturated carbocycles. The summed E-state index contributed by atoms with van der Waals surface area (Å²) in [6.45, 7) is 3.91. The molecule has 2 rings (SSSR count). The van der Waals surface area contributed by atoms with Crippen LogP contribution < -0.4 is 11.1 Å². The van der Waals surface area contributed by atoms with Crippen LogP contribution in [0.15, 0.2) is 24.3 Å². The van der Waals surface area contributed by atoms with Crippen LogP contribution in [-0.4, -0.2) is 17.5 Å². The predicted octanol–water partition coefficient (Wildman–Crippen LogP) is 2.18. The molecule has 0 heterocycles.